The van der Waals surface area contributed by atoms with Gasteiger partial charge in [-0.2, -0.15) is 0 Å². The zero-order valence-corrected chi connectivity index (χ0v) is 19.2. The minimum Gasteiger partial charge on any atom is -0.458 e. The monoisotopic (exact) mass is 450 g/mol. The van der Waals surface area contributed by atoms with Gasteiger partial charge in [0.15, 0.2) is 0 Å². The van der Waals surface area contributed by atoms with Crippen LogP contribution in [0.15, 0.2) is 54.6 Å². The third-order valence-electron chi connectivity index (χ3n) is 5.92. The smallest absolute Gasteiger partial charge is 0.329 e. The van der Waals surface area contributed by atoms with Gasteiger partial charge in [-0.25, -0.2) is 4.79 Å². The zero-order chi connectivity index (χ0) is 23.6. The number of para-hydroxylation sites is 1. The van der Waals surface area contributed by atoms with Crippen LogP contribution in [-0.2, 0) is 14.3 Å². The van der Waals surface area contributed by atoms with Crippen molar-refractivity contribution in [1.29, 1.82) is 0 Å². The van der Waals surface area contributed by atoms with Gasteiger partial charge < -0.3 is 19.7 Å². The van der Waals surface area contributed by atoms with Gasteiger partial charge in [-0.05, 0) is 82.9 Å². The van der Waals surface area contributed by atoms with Crippen molar-refractivity contribution in [1.82, 2.24) is 10.2 Å². The van der Waals surface area contributed by atoms with Gasteiger partial charge in [0, 0.05) is 11.6 Å². The molecule has 2 fully saturated rings. The topological polar surface area (TPSA) is 84.9 Å². The largest absolute Gasteiger partial charge is 0.458 e. The number of piperidine rings is 1. The van der Waals surface area contributed by atoms with Gasteiger partial charge in [-0.1, -0.05) is 18.2 Å². The molecule has 4 rings (SSSR count). The first-order valence-corrected chi connectivity index (χ1v) is 11.4. The van der Waals surface area contributed by atoms with E-state index in [0.29, 0.717) is 29.9 Å². The molecule has 33 heavy (non-hydrogen) atoms. The Morgan fingerprint density at radius 3 is 2.21 bits per heavy atom. The molecule has 174 valence electrons. The average Bonchev–Trinajstić information content (AvgIpc) is 3.21. The molecule has 0 aromatic heterocycles. The molecular formula is C26H30N2O5. The maximum atomic E-state index is 13.2. The van der Waals surface area contributed by atoms with Gasteiger partial charge in [0.25, 0.3) is 5.91 Å². The Hall–Kier alpha value is -3.35. The highest BCUT2D eigenvalue weighted by molar-refractivity contribution is 5.98. The number of benzene rings is 2. The number of amides is 2. The first-order valence-electron chi connectivity index (χ1n) is 11.4. The molecule has 0 bridgehead atoms. The normalized spacial score (nSPS) is 22.5. The number of carbonyl (C=O) groups is 3. The Morgan fingerprint density at radius 1 is 0.909 bits per heavy atom. The molecule has 0 saturated carbocycles. The lowest BCUT2D eigenvalue weighted by Gasteiger charge is -2.38. The fourth-order valence-electron chi connectivity index (χ4n) is 4.44. The molecule has 2 aromatic carbocycles. The second-order valence-corrected chi connectivity index (χ2v) is 9.57. The predicted octanol–water partition coefficient (Wildman–Crippen LogP) is 4.07. The first kappa shape index (κ1) is 22.8. The highest BCUT2D eigenvalue weighted by Gasteiger charge is 2.47. The van der Waals surface area contributed by atoms with Gasteiger partial charge in [0.1, 0.15) is 29.2 Å². The number of rotatable bonds is 5. The van der Waals surface area contributed by atoms with Crippen LogP contribution in [0.2, 0.25) is 0 Å². The molecule has 0 aliphatic carbocycles. The Balaban J connectivity index is 1.39. The van der Waals surface area contributed by atoms with E-state index < -0.39 is 17.7 Å². The summed E-state index contributed by atoms with van der Waals surface area (Å²) < 4.78 is 11.3. The third kappa shape index (κ3) is 5.35. The standard InChI is InChI=1S/C26H30N2O5/c1-26(2,3)33-25(31)22-16-12-18-11-15-21(24(30)28(18)22)27-23(29)17-9-13-20(14-10-17)32-19-7-5-4-6-8-19/h4-10,13-14,18,21-22H,11-12,15-16H2,1-3H3,(H,27,29)/t18-,21-,22-/m0/s1. The maximum Gasteiger partial charge on any atom is 0.329 e. The second-order valence-electron chi connectivity index (χ2n) is 9.57. The summed E-state index contributed by atoms with van der Waals surface area (Å²) in [6, 6.07) is 15.0. The van der Waals surface area contributed by atoms with Crippen molar-refractivity contribution in [2.45, 2.75) is 70.2 Å². The van der Waals surface area contributed by atoms with Crippen molar-refractivity contribution in [3.63, 3.8) is 0 Å². The number of hydrogen-bond donors (Lipinski definition) is 1. The summed E-state index contributed by atoms with van der Waals surface area (Å²) in [5.74, 6) is 0.413. The van der Waals surface area contributed by atoms with Crippen LogP contribution in [0.25, 0.3) is 0 Å². The first-order chi connectivity index (χ1) is 15.7. The second kappa shape index (κ2) is 9.25. The molecule has 1 N–H and O–H groups in total. The van der Waals surface area contributed by atoms with Crippen LogP contribution >= 0.6 is 0 Å². The molecule has 2 aliphatic rings. The minimum atomic E-state index is -0.656. The average molecular weight is 451 g/mol. The van der Waals surface area contributed by atoms with Crippen molar-refractivity contribution < 1.29 is 23.9 Å². The molecule has 7 nitrogen and oxygen atoms in total. The molecule has 2 heterocycles. The number of carbonyl (C=O) groups excluding carboxylic acids is 3. The number of fused-ring (bicyclic) bond motifs is 1. The van der Waals surface area contributed by atoms with Crippen LogP contribution in [0.1, 0.15) is 56.8 Å². The molecule has 2 saturated heterocycles. The van der Waals surface area contributed by atoms with E-state index in [-0.39, 0.29) is 23.8 Å². The fourth-order valence-corrected chi connectivity index (χ4v) is 4.44. The molecule has 0 spiro atoms. The van der Waals surface area contributed by atoms with Crippen molar-refractivity contribution >= 4 is 17.8 Å². The summed E-state index contributed by atoms with van der Waals surface area (Å²) in [5, 5.41) is 2.85. The molecule has 7 heteroatoms. The number of esters is 1. The van der Waals surface area contributed by atoms with Gasteiger partial charge in [-0.3, -0.25) is 9.59 Å². The Labute approximate surface area is 194 Å². The van der Waals surface area contributed by atoms with E-state index in [0.717, 1.165) is 12.8 Å². The van der Waals surface area contributed by atoms with Crippen LogP contribution in [0.4, 0.5) is 0 Å². The molecule has 2 amide bonds. The summed E-state index contributed by atoms with van der Waals surface area (Å²) in [4.78, 5) is 40.3. The van der Waals surface area contributed by atoms with Gasteiger partial charge in [0.05, 0.1) is 0 Å². The summed E-state index contributed by atoms with van der Waals surface area (Å²) in [6.45, 7) is 5.44. The van der Waals surface area contributed by atoms with Crippen LogP contribution in [0.3, 0.4) is 0 Å². The third-order valence-corrected chi connectivity index (χ3v) is 5.92. The molecule has 2 aromatic rings. The van der Waals surface area contributed by atoms with Gasteiger partial charge in [0.2, 0.25) is 5.91 Å². The molecule has 3 atom stereocenters. The number of nitrogens with zero attached hydrogens (tertiary/aromatic N) is 1. The van der Waals surface area contributed by atoms with Crippen molar-refractivity contribution in [3.05, 3.63) is 60.2 Å². The predicted molar refractivity (Wildman–Crippen MR) is 123 cm³/mol. The molecule has 0 unspecified atom stereocenters. The fraction of sp³-hybridized carbons (Fsp3) is 0.423. The van der Waals surface area contributed by atoms with E-state index in [1.54, 1.807) is 29.2 Å². The SMILES string of the molecule is CC(C)(C)OC(=O)[C@@H]1CC[C@@H]2CC[C@H](NC(=O)c3ccc(Oc4ccccc4)cc3)C(=O)N21. The summed E-state index contributed by atoms with van der Waals surface area (Å²) >= 11 is 0. The van der Waals surface area contributed by atoms with E-state index in [1.807, 2.05) is 51.1 Å². The van der Waals surface area contributed by atoms with Crippen LogP contribution in [-0.4, -0.2) is 46.4 Å². The van der Waals surface area contributed by atoms with Gasteiger partial charge >= 0.3 is 5.97 Å². The number of nitrogens with one attached hydrogen (secondary N) is 1. The summed E-state index contributed by atoms with van der Waals surface area (Å²) in [6.07, 6.45) is 2.68. The number of ether oxygens (including phenoxy) is 2. The van der Waals surface area contributed by atoms with Crippen LogP contribution in [0.5, 0.6) is 11.5 Å². The van der Waals surface area contributed by atoms with Crippen molar-refractivity contribution in [2.75, 3.05) is 0 Å². The van der Waals surface area contributed by atoms with Crippen LogP contribution < -0.4 is 10.1 Å². The highest BCUT2D eigenvalue weighted by Crippen LogP contribution is 2.34. The molecular weight excluding hydrogens is 420 g/mol. The van der Waals surface area contributed by atoms with Crippen LogP contribution in [0, 0.1) is 0 Å². The van der Waals surface area contributed by atoms with E-state index >= 15 is 0 Å². The van der Waals surface area contributed by atoms with E-state index in [9.17, 15) is 14.4 Å². The molecule has 0 radical (unpaired) electrons. The molecule has 2 aliphatic heterocycles. The van der Waals surface area contributed by atoms with E-state index in [2.05, 4.69) is 5.32 Å². The maximum absolute atomic E-state index is 13.2. The zero-order valence-electron chi connectivity index (χ0n) is 19.2. The Bertz CT molecular complexity index is 1010. The summed E-state index contributed by atoms with van der Waals surface area (Å²) in [5.41, 5.74) is -0.173. The lowest BCUT2D eigenvalue weighted by atomic mass is 9.97. The minimum absolute atomic E-state index is 0.0255. The lowest BCUT2D eigenvalue weighted by molar-refractivity contribution is -0.165. The Morgan fingerprint density at radius 2 is 1.55 bits per heavy atom. The highest BCUT2D eigenvalue weighted by atomic mass is 16.6. The van der Waals surface area contributed by atoms with E-state index in [4.69, 9.17) is 9.47 Å². The quantitative estimate of drug-likeness (QED) is 0.694. The Kier molecular flexibility index (Phi) is 6.40. The van der Waals surface area contributed by atoms with Crippen molar-refractivity contribution in [3.8, 4) is 11.5 Å². The van der Waals surface area contributed by atoms with E-state index in [1.165, 1.54) is 0 Å². The lowest BCUT2D eigenvalue weighted by Crippen LogP contribution is -2.58. The summed E-state index contributed by atoms with van der Waals surface area (Å²) in [7, 11) is 0. The van der Waals surface area contributed by atoms with Crippen molar-refractivity contribution in [2.24, 2.45) is 0 Å². The number of hydrogen-bond acceptors (Lipinski definition) is 5. The van der Waals surface area contributed by atoms with Gasteiger partial charge in [-0.15, -0.1) is 0 Å².